The second kappa shape index (κ2) is 9.00. The van der Waals surface area contributed by atoms with Gasteiger partial charge in [-0.1, -0.05) is 54.9 Å². The molecule has 0 saturated heterocycles. The molecule has 1 N–H and O–H groups in total. The fourth-order valence-corrected chi connectivity index (χ4v) is 3.27. The Morgan fingerprint density at radius 2 is 2.00 bits per heavy atom. The third-order valence-corrected chi connectivity index (χ3v) is 4.59. The van der Waals surface area contributed by atoms with Crippen molar-refractivity contribution in [3.8, 4) is 0 Å². The molecule has 1 nitrogen and oxygen atoms in total. The minimum Gasteiger partial charge on any atom is -0.314 e. The zero-order chi connectivity index (χ0) is 13.4. The van der Waals surface area contributed by atoms with Crippen LogP contribution in [0.3, 0.4) is 0 Å². The molecule has 0 bridgehead atoms. The molecule has 0 aromatic heterocycles. The fourth-order valence-electron chi connectivity index (χ4n) is 1.92. The van der Waals surface area contributed by atoms with Crippen LogP contribution in [0.5, 0.6) is 0 Å². The predicted octanol–water partition coefficient (Wildman–Crippen LogP) is 4.67. The molecule has 0 spiro atoms. The van der Waals surface area contributed by atoms with Crippen molar-refractivity contribution in [1.29, 1.82) is 0 Å². The molecule has 0 amide bonds. The third kappa shape index (κ3) is 5.77. The maximum atomic E-state index is 3.68. The third-order valence-electron chi connectivity index (χ3n) is 2.93. The van der Waals surface area contributed by atoms with E-state index in [9.17, 15) is 0 Å². The average Bonchev–Trinajstić information content (AvgIpc) is 2.34. The van der Waals surface area contributed by atoms with E-state index in [1.165, 1.54) is 28.0 Å². The van der Waals surface area contributed by atoms with Crippen LogP contribution in [0.15, 0.2) is 28.7 Å². The second-order valence-corrected chi connectivity index (χ2v) is 7.02. The average molecular weight is 330 g/mol. The summed E-state index contributed by atoms with van der Waals surface area (Å²) in [6.07, 6.45) is 1.24. The first-order valence-corrected chi connectivity index (χ1v) is 8.65. The van der Waals surface area contributed by atoms with E-state index in [-0.39, 0.29) is 0 Å². The topological polar surface area (TPSA) is 12.0 Å². The zero-order valence-electron chi connectivity index (χ0n) is 11.6. The highest BCUT2D eigenvalue weighted by atomic mass is 79.9. The molecule has 0 heterocycles. The molecule has 0 saturated carbocycles. The molecule has 0 aliphatic carbocycles. The first kappa shape index (κ1) is 16.1. The van der Waals surface area contributed by atoms with E-state index in [1.807, 2.05) is 11.8 Å². The van der Waals surface area contributed by atoms with E-state index >= 15 is 0 Å². The smallest absolute Gasteiger partial charge is 0.0210 e. The maximum Gasteiger partial charge on any atom is 0.0210 e. The zero-order valence-corrected chi connectivity index (χ0v) is 14.0. The van der Waals surface area contributed by atoms with Crippen LogP contribution in [0.2, 0.25) is 0 Å². The van der Waals surface area contributed by atoms with Crippen molar-refractivity contribution in [1.82, 2.24) is 5.32 Å². The first-order chi connectivity index (χ1) is 8.65. The Kier molecular flexibility index (Phi) is 8.03. The summed E-state index contributed by atoms with van der Waals surface area (Å²) < 4.78 is 1.24. The molecule has 1 atom stereocenters. The van der Waals surface area contributed by atoms with Crippen LogP contribution >= 0.6 is 27.7 Å². The van der Waals surface area contributed by atoms with Gasteiger partial charge in [0.25, 0.3) is 0 Å². The van der Waals surface area contributed by atoms with Crippen LogP contribution in [0, 0.1) is 0 Å². The van der Waals surface area contributed by atoms with E-state index in [2.05, 4.69) is 66.3 Å². The number of hydrogen-bond donors (Lipinski definition) is 1. The second-order valence-electron chi connectivity index (χ2n) is 4.77. The fraction of sp³-hybridized carbons (Fsp3) is 0.600. The van der Waals surface area contributed by atoms with Gasteiger partial charge in [-0.3, -0.25) is 0 Å². The Morgan fingerprint density at radius 3 is 2.61 bits per heavy atom. The van der Waals surface area contributed by atoms with Gasteiger partial charge in [0, 0.05) is 17.1 Å². The summed E-state index contributed by atoms with van der Waals surface area (Å²) in [5, 5.41) is 3.57. The molecule has 1 unspecified atom stereocenters. The lowest BCUT2D eigenvalue weighted by Crippen LogP contribution is -2.28. The molecule has 18 heavy (non-hydrogen) atoms. The summed E-state index contributed by atoms with van der Waals surface area (Å²) in [6.45, 7) is 7.70. The van der Waals surface area contributed by atoms with Crippen LogP contribution in [0.25, 0.3) is 0 Å². The Labute approximate surface area is 124 Å². The van der Waals surface area contributed by atoms with Gasteiger partial charge in [-0.05, 0) is 35.5 Å². The molecule has 1 aromatic rings. The number of halogens is 1. The van der Waals surface area contributed by atoms with Crippen molar-refractivity contribution in [3.05, 3.63) is 34.3 Å². The highest BCUT2D eigenvalue weighted by Crippen LogP contribution is 2.28. The van der Waals surface area contributed by atoms with Crippen molar-refractivity contribution < 1.29 is 0 Å². The highest BCUT2D eigenvalue weighted by Gasteiger charge is 2.14. The molecular weight excluding hydrogens is 306 g/mol. The Balaban J connectivity index is 2.66. The van der Waals surface area contributed by atoms with E-state index in [0.29, 0.717) is 12.0 Å². The monoisotopic (exact) mass is 329 g/mol. The first-order valence-electron chi connectivity index (χ1n) is 6.70. The minimum atomic E-state index is 0.550. The highest BCUT2D eigenvalue weighted by molar-refractivity contribution is 9.10. The van der Waals surface area contributed by atoms with Crippen molar-refractivity contribution in [2.75, 3.05) is 18.1 Å². The molecule has 0 fully saturated rings. The predicted molar refractivity (Wildman–Crippen MR) is 87.6 cm³/mol. The van der Waals surface area contributed by atoms with E-state index in [1.54, 1.807) is 0 Å². The van der Waals surface area contributed by atoms with Crippen LogP contribution in [0.4, 0.5) is 0 Å². The van der Waals surface area contributed by atoms with E-state index in [0.717, 1.165) is 6.54 Å². The van der Waals surface area contributed by atoms with Crippen LogP contribution in [-0.2, 0) is 0 Å². The maximum absolute atomic E-state index is 3.68. The summed E-state index contributed by atoms with van der Waals surface area (Å²) in [5.41, 5.74) is 1.43. The van der Waals surface area contributed by atoms with Gasteiger partial charge in [0.1, 0.15) is 0 Å². The molecule has 3 heteroatoms. The Morgan fingerprint density at radius 1 is 1.28 bits per heavy atom. The number of hydrogen-bond acceptors (Lipinski definition) is 2. The van der Waals surface area contributed by atoms with Gasteiger partial charge >= 0.3 is 0 Å². The van der Waals surface area contributed by atoms with E-state index < -0.39 is 0 Å². The quantitative estimate of drug-likeness (QED) is 0.695. The van der Waals surface area contributed by atoms with Crippen molar-refractivity contribution in [2.45, 2.75) is 39.2 Å². The number of nitrogens with one attached hydrogen (secondary N) is 1. The standard InChI is InChI=1S/C15H24BrNS/c1-4-18-10-9-13(11-17-12(2)3)14-7-5-6-8-15(14)16/h5-8,12-13,17H,4,9-11H2,1-3H3. The summed E-state index contributed by atoms with van der Waals surface area (Å²) >= 11 is 5.71. The normalized spacial score (nSPS) is 12.9. The molecule has 0 radical (unpaired) electrons. The van der Waals surface area contributed by atoms with Crippen molar-refractivity contribution >= 4 is 27.7 Å². The van der Waals surface area contributed by atoms with Crippen LogP contribution in [0.1, 0.15) is 38.7 Å². The SMILES string of the molecule is CCSCCC(CNC(C)C)c1ccccc1Br. The van der Waals surface area contributed by atoms with Crippen LogP contribution in [-0.4, -0.2) is 24.1 Å². The Bertz CT molecular complexity index is 341. The summed E-state index contributed by atoms with van der Waals surface area (Å²) in [7, 11) is 0. The summed E-state index contributed by atoms with van der Waals surface area (Å²) in [4.78, 5) is 0. The molecular formula is C15H24BrNS. The number of benzene rings is 1. The van der Waals surface area contributed by atoms with Gasteiger partial charge in [-0.15, -0.1) is 0 Å². The Hall–Kier alpha value is 0.01000. The molecule has 0 aliphatic rings. The van der Waals surface area contributed by atoms with Crippen molar-refractivity contribution in [2.24, 2.45) is 0 Å². The summed E-state index contributed by atoms with van der Waals surface area (Å²) in [5.74, 6) is 3.05. The largest absolute Gasteiger partial charge is 0.314 e. The number of rotatable bonds is 8. The molecule has 1 aromatic carbocycles. The lowest BCUT2D eigenvalue weighted by molar-refractivity contribution is 0.521. The van der Waals surface area contributed by atoms with Gasteiger partial charge < -0.3 is 5.32 Å². The molecule has 1 rings (SSSR count). The van der Waals surface area contributed by atoms with Crippen molar-refractivity contribution in [3.63, 3.8) is 0 Å². The van der Waals surface area contributed by atoms with Gasteiger partial charge in [-0.25, -0.2) is 0 Å². The summed E-state index contributed by atoms with van der Waals surface area (Å²) in [6, 6.07) is 9.16. The van der Waals surface area contributed by atoms with E-state index in [4.69, 9.17) is 0 Å². The van der Waals surface area contributed by atoms with Gasteiger partial charge in [0.2, 0.25) is 0 Å². The van der Waals surface area contributed by atoms with Gasteiger partial charge in [0.15, 0.2) is 0 Å². The van der Waals surface area contributed by atoms with Crippen LogP contribution < -0.4 is 5.32 Å². The lowest BCUT2D eigenvalue weighted by Gasteiger charge is -2.20. The van der Waals surface area contributed by atoms with Gasteiger partial charge in [-0.2, -0.15) is 11.8 Å². The van der Waals surface area contributed by atoms with Gasteiger partial charge in [0.05, 0.1) is 0 Å². The minimum absolute atomic E-state index is 0.550. The molecule has 0 aliphatic heterocycles. The number of thioether (sulfide) groups is 1. The lowest BCUT2D eigenvalue weighted by atomic mass is 9.96. The molecule has 102 valence electrons.